The Bertz CT molecular complexity index is 812. The molecule has 1 aliphatic heterocycles. The van der Waals surface area contributed by atoms with Crippen molar-refractivity contribution >= 4 is 17.6 Å². The van der Waals surface area contributed by atoms with Crippen LogP contribution in [0, 0.1) is 5.82 Å². The van der Waals surface area contributed by atoms with Crippen LogP contribution in [0.3, 0.4) is 0 Å². The number of piperazine rings is 1. The molecule has 0 atom stereocenters. The number of benzene rings is 1. The molecule has 1 aliphatic rings. The predicted octanol–water partition coefficient (Wildman–Crippen LogP) is 2.92. The van der Waals surface area contributed by atoms with E-state index in [4.69, 9.17) is 16.1 Å². The second-order valence-corrected chi connectivity index (χ2v) is 7.80. The molecule has 1 fully saturated rings. The van der Waals surface area contributed by atoms with Crippen LogP contribution in [-0.2, 0) is 13.0 Å². The van der Waals surface area contributed by atoms with Crippen LogP contribution in [0.5, 0.6) is 0 Å². The highest BCUT2D eigenvalue weighted by Crippen LogP contribution is 2.21. The van der Waals surface area contributed by atoms with Gasteiger partial charge in [0.05, 0.1) is 0 Å². The second-order valence-electron chi connectivity index (χ2n) is 7.39. The lowest BCUT2D eigenvalue weighted by Crippen LogP contribution is -2.52. The Morgan fingerprint density at radius 3 is 2.69 bits per heavy atom. The topological polar surface area (TPSA) is 69.8 Å². The highest BCUT2D eigenvalue weighted by molar-refractivity contribution is 6.31. The summed E-state index contributed by atoms with van der Waals surface area (Å²) in [6.45, 7) is 8.49. The number of halogens is 2. The van der Waals surface area contributed by atoms with Crippen molar-refractivity contribution in [3.05, 3.63) is 46.3 Å². The average molecular weight is 423 g/mol. The van der Waals surface area contributed by atoms with Crippen molar-refractivity contribution in [1.82, 2.24) is 25.3 Å². The molecule has 29 heavy (non-hydrogen) atoms. The third kappa shape index (κ3) is 5.67. The van der Waals surface area contributed by atoms with E-state index in [-0.39, 0.29) is 11.7 Å². The van der Waals surface area contributed by atoms with Crippen molar-refractivity contribution in [2.75, 3.05) is 39.8 Å². The minimum atomic E-state index is -0.251. The quantitative estimate of drug-likeness (QED) is 0.570. The van der Waals surface area contributed by atoms with E-state index in [1.54, 1.807) is 19.2 Å². The van der Waals surface area contributed by atoms with Crippen molar-refractivity contribution in [2.24, 2.45) is 4.99 Å². The van der Waals surface area contributed by atoms with Gasteiger partial charge in [-0.2, -0.15) is 4.98 Å². The molecule has 2 heterocycles. The fourth-order valence-corrected chi connectivity index (χ4v) is 3.47. The molecule has 0 unspecified atom stereocenters. The van der Waals surface area contributed by atoms with Crippen LogP contribution in [0.1, 0.15) is 37.0 Å². The van der Waals surface area contributed by atoms with Crippen LogP contribution < -0.4 is 5.32 Å². The fraction of sp³-hybridized carbons (Fsp3) is 0.550. The van der Waals surface area contributed by atoms with Crippen molar-refractivity contribution in [3.8, 4) is 0 Å². The summed E-state index contributed by atoms with van der Waals surface area (Å²) in [7, 11) is 1.78. The molecule has 158 valence electrons. The second kappa shape index (κ2) is 10.0. The van der Waals surface area contributed by atoms with Crippen LogP contribution in [0.25, 0.3) is 0 Å². The molecule has 9 heteroatoms. The Kier molecular flexibility index (Phi) is 7.44. The standard InChI is InChI=1S/C20H28ClFN6O/c1-14(2)19-25-18(29-26-19)7-8-24-20(23-3)28-11-9-27(10-12-28)13-15-16(21)5-4-6-17(15)22/h4-6,14H,7-13H2,1-3H3,(H,23,24). The van der Waals surface area contributed by atoms with E-state index >= 15 is 0 Å². The van der Waals surface area contributed by atoms with Crippen molar-refractivity contribution in [2.45, 2.75) is 32.7 Å². The molecule has 0 amide bonds. The van der Waals surface area contributed by atoms with Crippen molar-refractivity contribution in [3.63, 3.8) is 0 Å². The van der Waals surface area contributed by atoms with Gasteiger partial charge in [0.25, 0.3) is 0 Å². The molecule has 0 saturated carbocycles. The summed E-state index contributed by atoms with van der Waals surface area (Å²) in [5, 5.41) is 7.82. The van der Waals surface area contributed by atoms with Gasteiger partial charge in [0.1, 0.15) is 5.82 Å². The largest absolute Gasteiger partial charge is 0.356 e. The van der Waals surface area contributed by atoms with E-state index in [0.717, 1.165) is 38.0 Å². The summed E-state index contributed by atoms with van der Waals surface area (Å²) in [5.74, 6) is 2.21. The summed E-state index contributed by atoms with van der Waals surface area (Å²) in [6, 6.07) is 4.82. The zero-order valence-electron chi connectivity index (χ0n) is 17.2. The molecule has 0 radical (unpaired) electrons. The van der Waals surface area contributed by atoms with Gasteiger partial charge in [0.15, 0.2) is 11.8 Å². The van der Waals surface area contributed by atoms with Gasteiger partial charge in [0.2, 0.25) is 5.89 Å². The van der Waals surface area contributed by atoms with E-state index in [1.165, 1.54) is 6.07 Å². The van der Waals surface area contributed by atoms with Gasteiger partial charge >= 0.3 is 0 Å². The smallest absolute Gasteiger partial charge is 0.228 e. The predicted molar refractivity (Wildman–Crippen MR) is 112 cm³/mol. The first kappa shape index (κ1) is 21.5. The molecule has 0 bridgehead atoms. The van der Waals surface area contributed by atoms with Crippen LogP contribution >= 0.6 is 11.6 Å². The highest BCUT2D eigenvalue weighted by Gasteiger charge is 2.21. The third-order valence-corrected chi connectivity index (χ3v) is 5.30. The van der Waals surface area contributed by atoms with E-state index in [1.807, 2.05) is 13.8 Å². The van der Waals surface area contributed by atoms with E-state index in [9.17, 15) is 4.39 Å². The monoisotopic (exact) mass is 422 g/mol. The molecule has 1 N–H and O–H groups in total. The summed E-state index contributed by atoms with van der Waals surface area (Å²) < 4.78 is 19.3. The van der Waals surface area contributed by atoms with E-state index < -0.39 is 0 Å². The number of hydrogen-bond acceptors (Lipinski definition) is 5. The lowest BCUT2D eigenvalue weighted by atomic mass is 10.2. The minimum absolute atomic E-state index is 0.251. The molecule has 1 aromatic carbocycles. The Labute approximate surface area is 175 Å². The molecule has 7 nitrogen and oxygen atoms in total. The van der Waals surface area contributed by atoms with Crippen molar-refractivity contribution in [1.29, 1.82) is 0 Å². The Morgan fingerprint density at radius 2 is 2.07 bits per heavy atom. The van der Waals surface area contributed by atoms with Gasteiger partial charge in [-0.25, -0.2) is 4.39 Å². The van der Waals surface area contributed by atoms with Gasteiger partial charge in [0, 0.05) is 69.2 Å². The molecular formula is C20H28ClFN6O. The molecule has 2 aromatic rings. The summed E-state index contributed by atoms with van der Waals surface area (Å²) in [5.41, 5.74) is 0.561. The summed E-state index contributed by atoms with van der Waals surface area (Å²) in [4.78, 5) is 13.2. The van der Waals surface area contributed by atoms with Crippen LogP contribution in [0.15, 0.2) is 27.7 Å². The highest BCUT2D eigenvalue weighted by atomic mass is 35.5. The molecule has 3 rings (SSSR count). The van der Waals surface area contributed by atoms with Crippen LogP contribution in [0.2, 0.25) is 5.02 Å². The first-order valence-corrected chi connectivity index (χ1v) is 10.3. The zero-order valence-corrected chi connectivity index (χ0v) is 17.9. The zero-order chi connectivity index (χ0) is 20.8. The Hall–Kier alpha value is -2.19. The lowest BCUT2D eigenvalue weighted by molar-refractivity contribution is 0.171. The molecule has 0 spiro atoms. The number of nitrogens with one attached hydrogen (secondary N) is 1. The molecule has 0 aliphatic carbocycles. The molecule has 1 aromatic heterocycles. The van der Waals surface area contributed by atoms with Gasteiger partial charge in [-0.3, -0.25) is 9.89 Å². The minimum Gasteiger partial charge on any atom is -0.356 e. The maximum atomic E-state index is 14.0. The number of aliphatic imine (C=N–C) groups is 1. The Balaban J connectivity index is 1.46. The third-order valence-electron chi connectivity index (χ3n) is 4.95. The normalized spacial score (nSPS) is 15.9. The van der Waals surface area contributed by atoms with Gasteiger partial charge in [-0.1, -0.05) is 36.7 Å². The van der Waals surface area contributed by atoms with Gasteiger partial charge in [-0.05, 0) is 12.1 Å². The summed E-state index contributed by atoms with van der Waals surface area (Å²) >= 11 is 6.15. The van der Waals surface area contributed by atoms with Gasteiger partial charge < -0.3 is 14.7 Å². The Morgan fingerprint density at radius 1 is 1.31 bits per heavy atom. The maximum absolute atomic E-state index is 14.0. The number of aromatic nitrogens is 2. The van der Waals surface area contributed by atoms with Crippen LogP contribution in [0.4, 0.5) is 4.39 Å². The fourth-order valence-electron chi connectivity index (χ4n) is 3.24. The number of nitrogens with zero attached hydrogens (tertiary/aromatic N) is 5. The van der Waals surface area contributed by atoms with E-state index in [2.05, 4.69) is 30.2 Å². The molecule has 1 saturated heterocycles. The number of guanidine groups is 1. The van der Waals surface area contributed by atoms with Crippen molar-refractivity contribution < 1.29 is 8.91 Å². The average Bonchev–Trinajstić information content (AvgIpc) is 3.18. The maximum Gasteiger partial charge on any atom is 0.228 e. The number of rotatable bonds is 6. The number of hydrogen-bond donors (Lipinski definition) is 1. The first-order valence-electron chi connectivity index (χ1n) is 9.91. The van der Waals surface area contributed by atoms with Crippen LogP contribution in [-0.4, -0.2) is 65.7 Å². The lowest BCUT2D eigenvalue weighted by Gasteiger charge is -2.36. The summed E-state index contributed by atoms with van der Waals surface area (Å²) in [6.07, 6.45) is 0.643. The van der Waals surface area contributed by atoms with E-state index in [0.29, 0.717) is 36.0 Å². The molecular weight excluding hydrogens is 395 g/mol. The SMILES string of the molecule is CN=C(NCCc1nc(C(C)C)no1)N1CCN(Cc2c(F)cccc2Cl)CC1. The van der Waals surface area contributed by atoms with Gasteiger partial charge in [-0.15, -0.1) is 0 Å². The first-order chi connectivity index (χ1) is 14.0.